The van der Waals surface area contributed by atoms with Gasteiger partial charge in [-0.05, 0) is 71.2 Å². The molecule has 0 aliphatic carbocycles. The number of hydrogen-bond acceptors (Lipinski definition) is 4. The zero-order valence-corrected chi connectivity index (χ0v) is 20.9. The van der Waals surface area contributed by atoms with E-state index in [-0.39, 0.29) is 5.91 Å². The lowest BCUT2D eigenvalue weighted by atomic mass is 10.1. The summed E-state index contributed by atoms with van der Waals surface area (Å²) in [7, 11) is 0. The maximum atomic E-state index is 13.2. The number of nitrogens with one attached hydrogen (secondary N) is 2. The summed E-state index contributed by atoms with van der Waals surface area (Å²) < 4.78 is 0. The topological polar surface area (TPSA) is 80.9 Å². The van der Waals surface area contributed by atoms with Crippen LogP contribution in [0, 0.1) is 0 Å². The van der Waals surface area contributed by atoms with E-state index < -0.39 is 0 Å². The van der Waals surface area contributed by atoms with Crippen LogP contribution in [0.15, 0.2) is 55.1 Å². The van der Waals surface area contributed by atoms with Crippen LogP contribution in [0.2, 0.25) is 0 Å². The fraction of sp³-hybridized carbons (Fsp3) is 0.444. The normalized spacial score (nSPS) is 11.9. The van der Waals surface area contributed by atoms with E-state index in [2.05, 4.69) is 64.7 Å². The molecule has 3 rings (SSSR count). The second-order valence-electron chi connectivity index (χ2n) is 9.18. The standard InChI is InChI=1S/C27H38N6O/c1-21(2)33(22(3)4)18-8-6-5-7-9-23-10-12-24(13-11-23)27(34)32(19-25-28-14-15-29-25)20-26-30-16-17-31-26/h7,9-17,21-22H,5-6,8,18-20H2,1-4H3,(H,28,29)(H,30,31)/b9-7+. The molecule has 0 saturated heterocycles. The third-order valence-electron chi connectivity index (χ3n) is 5.91. The molecule has 182 valence electrons. The molecule has 0 saturated carbocycles. The number of carbonyl (C=O) groups excluding carboxylic acids is 1. The average molecular weight is 463 g/mol. The highest BCUT2D eigenvalue weighted by Crippen LogP contribution is 2.14. The van der Waals surface area contributed by atoms with Gasteiger partial charge >= 0.3 is 0 Å². The summed E-state index contributed by atoms with van der Waals surface area (Å²) in [6, 6.07) is 8.96. The Morgan fingerprint density at radius 2 is 1.50 bits per heavy atom. The van der Waals surface area contributed by atoms with Gasteiger partial charge in [0.25, 0.3) is 5.91 Å². The van der Waals surface area contributed by atoms with Crippen LogP contribution in [-0.2, 0) is 13.1 Å². The van der Waals surface area contributed by atoms with Crippen LogP contribution in [0.3, 0.4) is 0 Å². The summed E-state index contributed by atoms with van der Waals surface area (Å²) in [5.41, 5.74) is 1.75. The molecule has 2 heterocycles. The highest BCUT2D eigenvalue weighted by Gasteiger charge is 2.18. The lowest BCUT2D eigenvalue weighted by molar-refractivity contribution is 0.0721. The zero-order valence-electron chi connectivity index (χ0n) is 20.9. The van der Waals surface area contributed by atoms with Crippen molar-refractivity contribution in [3.05, 3.63) is 77.9 Å². The molecule has 0 spiro atoms. The Labute approximate surface area is 203 Å². The molecule has 0 unspecified atom stereocenters. The van der Waals surface area contributed by atoms with Gasteiger partial charge in [-0.15, -0.1) is 0 Å². The summed E-state index contributed by atoms with van der Waals surface area (Å²) in [6.07, 6.45) is 14.7. The smallest absolute Gasteiger partial charge is 0.254 e. The maximum Gasteiger partial charge on any atom is 0.254 e. The summed E-state index contributed by atoms with van der Waals surface area (Å²) in [4.78, 5) is 32.2. The van der Waals surface area contributed by atoms with Gasteiger partial charge in [0, 0.05) is 42.4 Å². The highest BCUT2D eigenvalue weighted by molar-refractivity contribution is 5.94. The predicted molar refractivity (Wildman–Crippen MR) is 137 cm³/mol. The Bertz CT molecular complexity index is 946. The number of allylic oxidation sites excluding steroid dienone is 1. The lowest BCUT2D eigenvalue weighted by Gasteiger charge is -2.30. The Hall–Kier alpha value is -3.19. The largest absolute Gasteiger partial charge is 0.347 e. The molecule has 2 N–H and O–H groups in total. The van der Waals surface area contributed by atoms with Gasteiger partial charge in [0.2, 0.25) is 0 Å². The molecule has 0 aliphatic rings. The van der Waals surface area contributed by atoms with Crippen molar-refractivity contribution in [1.82, 2.24) is 29.7 Å². The Kier molecular flexibility index (Phi) is 9.64. The van der Waals surface area contributed by atoms with Gasteiger partial charge in [0.15, 0.2) is 0 Å². The summed E-state index contributed by atoms with van der Waals surface area (Å²) in [5.74, 6) is 1.43. The van der Waals surface area contributed by atoms with Crippen LogP contribution in [0.1, 0.15) is 74.5 Å². The van der Waals surface area contributed by atoms with E-state index in [0.717, 1.165) is 30.2 Å². The first kappa shape index (κ1) is 25.4. The molecule has 2 aromatic heterocycles. The maximum absolute atomic E-state index is 13.2. The van der Waals surface area contributed by atoms with Crippen molar-refractivity contribution >= 4 is 12.0 Å². The van der Waals surface area contributed by atoms with Crippen molar-refractivity contribution in [2.24, 2.45) is 0 Å². The molecular formula is C27H38N6O. The first-order valence-corrected chi connectivity index (χ1v) is 12.2. The van der Waals surface area contributed by atoms with E-state index in [0.29, 0.717) is 30.7 Å². The van der Waals surface area contributed by atoms with E-state index >= 15 is 0 Å². The molecule has 3 aromatic rings. The monoisotopic (exact) mass is 462 g/mol. The number of nitrogens with zero attached hydrogens (tertiary/aromatic N) is 4. The lowest BCUT2D eigenvalue weighted by Crippen LogP contribution is -2.37. The molecule has 7 heteroatoms. The minimum atomic E-state index is -0.0526. The van der Waals surface area contributed by atoms with Crippen molar-refractivity contribution in [3.63, 3.8) is 0 Å². The minimum absolute atomic E-state index is 0.0526. The fourth-order valence-corrected chi connectivity index (χ4v) is 4.14. The molecule has 0 fully saturated rings. The molecule has 1 amide bonds. The average Bonchev–Trinajstić information content (AvgIpc) is 3.52. The summed E-state index contributed by atoms with van der Waals surface area (Å²) in [6.45, 7) is 11.0. The van der Waals surface area contributed by atoms with E-state index in [1.165, 1.54) is 12.8 Å². The second kappa shape index (κ2) is 12.9. The van der Waals surface area contributed by atoms with Gasteiger partial charge in [0.05, 0.1) is 13.1 Å². The number of hydrogen-bond donors (Lipinski definition) is 2. The van der Waals surface area contributed by atoms with Gasteiger partial charge in [-0.25, -0.2) is 9.97 Å². The number of aromatic nitrogens is 4. The third-order valence-corrected chi connectivity index (χ3v) is 5.91. The van der Waals surface area contributed by atoms with Gasteiger partial charge < -0.3 is 14.9 Å². The summed E-state index contributed by atoms with van der Waals surface area (Å²) in [5, 5.41) is 0. The first-order chi connectivity index (χ1) is 16.4. The second-order valence-corrected chi connectivity index (χ2v) is 9.18. The van der Waals surface area contributed by atoms with Crippen LogP contribution in [-0.4, -0.2) is 54.3 Å². The SMILES string of the molecule is CC(C)N(CCCC/C=C/c1ccc(C(=O)N(Cc2ncc[nH]2)Cc2ncc[nH]2)cc1)C(C)C. The number of benzene rings is 1. The number of amides is 1. The number of H-pyrrole nitrogens is 2. The van der Waals surface area contributed by atoms with Gasteiger partial charge in [0.1, 0.15) is 11.6 Å². The van der Waals surface area contributed by atoms with Crippen LogP contribution >= 0.6 is 0 Å². The molecule has 0 aliphatic heterocycles. The molecular weight excluding hydrogens is 424 g/mol. The van der Waals surface area contributed by atoms with Crippen LogP contribution in [0.5, 0.6) is 0 Å². The minimum Gasteiger partial charge on any atom is -0.347 e. The summed E-state index contributed by atoms with van der Waals surface area (Å²) >= 11 is 0. The molecule has 34 heavy (non-hydrogen) atoms. The van der Waals surface area contributed by atoms with E-state index in [1.54, 1.807) is 29.7 Å². The predicted octanol–water partition coefficient (Wildman–Crippen LogP) is 5.28. The van der Waals surface area contributed by atoms with Crippen molar-refractivity contribution in [3.8, 4) is 0 Å². The van der Waals surface area contributed by atoms with Crippen molar-refractivity contribution in [2.75, 3.05) is 6.54 Å². The Morgan fingerprint density at radius 1 is 0.912 bits per heavy atom. The van der Waals surface area contributed by atoms with Crippen molar-refractivity contribution in [2.45, 2.75) is 72.1 Å². The molecule has 7 nitrogen and oxygen atoms in total. The number of aromatic amines is 2. The molecule has 0 atom stereocenters. The molecule has 0 bridgehead atoms. The van der Waals surface area contributed by atoms with Crippen molar-refractivity contribution < 1.29 is 4.79 Å². The van der Waals surface area contributed by atoms with E-state index in [1.807, 2.05) is 24.3 Å². The Morgan fingerprint density at radius 3 is 2.00 bits per heavy atom. The number of rotatable bonds is 13. The van der Waals surface area contributed by atoms with E-state index in [9.17, 15) is 4.79 Å². The number of unbranched alkanes of at least 4 members (excludes halogenated alkanes) is 2. The highest BCUT2D eigenvalue weighted by atomic mass is 16.2. The van der Waals surface area contributed by atoms with Crippen LogP contribution in [0.25, 0.3) is 6.08 Å². The zero-order chi connectivity index (χ0) is 24.3. The van der Waals surface area contributed by atoms with Gasteiger partial charge in [-0.2, -0.15) is 0 Å². The molecule has 0 radical (unpaired) electrons. The quantitative estimate of drug-likeness (QED) is 0.339. The van der Waals surface area contributed by atoms with Gasteiger partial charge in [-0.3, -0.25) is 9.69 Å². The van der Waals surface area contributed by atoms with Gasteiger partial charge in [-0.1, -0.05) is 24.3 Å². The van der Waals surface area contributed by atoms with Crippen molar-refractivity contribution in [1.29, 1.82) is 0 Å². The van der Waals surface area contributed by atoms with Crippen LogP contribution in [0.4, 0.5) is 0 Å². The van der Waals surface area contributed by atoms with Crippen LogP contribution < -0.4 is 0 Å². The Balaban J connectivity index is 1.53. The third kappa shape index (κ3) is 7.70. The fourth-order valence-electron chi connectivity index (χ4n) is 4.14. The van der Waals surface area contributed by atoms with E-state index in [4.69, 9.17) is 0 Å². The molecule has 1 aromatic carbocycles. The first-order valence-electron chi connectivity index (χ1n) is 12.2. The number of carbonyl (C=O) groups is 1. The number of imidazole rings is 2.